The molecule has 6 heteroatoms. The van der Waals surface area contributed by atoms with Crippen LogP contribution in [0.25, 0.3) is 0 Å². The van der Waals surface area contributed by atoms with E-state index in [1.54, 1.807) is 50.6 Å². The number of ether oxygens (including phenoxy) is 3. The summed E-state index contributed by atoms with van der Waals surface area (Å²) in [5.41, 5.74) is 6.94. The Kier molecular flexibility index (Phi) is 6.45. The molecule has 128 valence electrons. The van der Waals surface area contributed by atoms with Crippen LogP contribution in [0.15, 0.2) is 42.5 Å². The van der Waals surface area contributed by atoms with Gasteiger partial charge in [0.2, 0.25) is 5.91 Å². The Morgan fingerprint density at radius 1 is 1.04 bits per heavy atom. The number of nitrogens with one attached hydrogen (secondary N) is 1. The summed E-state index contributed by atoms with van der Waals surface area (Å²) in [7, 11) is 3.14. The highest BCUT2D eigenvalue weighted by Gasteiger charge is 2.09. The van der Waals surface area contributed by atoms with Crippen LogP contribution in [0, 0.1) is 0 Å². The molecule has 0 unspecified atom stereocenters. The van der Waals surface area contributed by atoms with Crippen LogP contribution in [-0.4, -0.2) is 33.3 Å². The number of methoxy groups -OCH3 is 2. The fourth-order valence-electron chi connectivity index (χ4n) is 2.19. The molecule has 1 amide bonds. The molecule has 2 rings (SSSR count). The SMILES string of the molecule is COc1ccc(CC(=O)Nc2ccc(OCCN)cc2)cc1OC. The van der Waals surface area contributed by atoms with Crippen molar-refractivity contribution in [3.8, 4) is 17.2 Å². The summed E-state index contributed by atoms with van der Waals surface area (Å²) < 4.78 is 15.8. The van der Waals surface area contributed by atoms with Crippen molar-refractivity contribution in [3.63, 3.8) is 0 Å². The van der Waals surface area contributed by atoms with Crippen molar-refractivity contribution >= 4 is 11.6 Å². The Labute approximate surface area is 141 Å². The van der Waals surface area contributed by atoms with Crippen LogP contribution in [0.2, 0.25) is 0 Å². The Morgan fingerprint density at radius 2 is 1.75 bits per heavy atom. The second-order valence-electron chi connectivity index (χ2n) is 5.08. The molecule has 0 fully saturated rings. The highest BCUT2D eigenvalue weighted by atomic mass is 16.5. The second kappa shape index (κ2) is 8.79. The average molecular weight is 330 g/mol. The van der Waals surface area contributed by atoms with Gasteiger partial charge in [-0.05, 0) is 42.0 Å². The lowest BCUT2D eigenvalue weighted by molar-refractivity contribution is -0.115. The monoisotopic (exact) mass is 330 g/mol. The number of hydrogen-bond acceptors (Lipinski definition) is 5. The molecule has 0 aliphatic heterocycles. The van der Waals surface area contributed by atoms with Crippen LogP contribution in [0.3, 0.4) is 0 Å². The molecule has 2 aromatic rings. The third-order valence-electron chi connectivity index (χ3n) is 3.34. The van der Waals surface area contributed by atoms with Crippen molar-refractivity contribution in [2.75, 3.05) is 32.7 Å². The molecule has 0 aliphatic rings. The van der Waals surface area contributed by atoms with Gasteiger partial charge in [0.15, 0.2) is 11.5 Å². The van der Waals surface area contributed by atoms with Gasteiger partial charge in [-0.1, -0.05) is 6.07 Å². The lowest BCUT2D eigenvalue weighted by atomic mass is 10.1. The van der Waals surface area contributed by atoms with Crippen molar-refractivity contribution in [1.29, 1.82) is 0 Å². The second-order valence-corrected chi connectivity index (χ2v) is 5.08. The van der Waals surface area contributed by atoms with Crippen LogP contribution in [0.4, 0.5) is 5.69 Å². The summed E-state index contributed by atoms with van der Waals surface area (Å²) in [6.45, 7) is 0.925. The van der Waals surface area contributed by atoms with Crippen LogP contribution < -0.4 is 25.3 Å². The highest BCUT2D eigenvalue weighted by molar-refractivity contribution is 5.92. The van der Waals surface area contributed by atoms with Gasteiger partial charge < -0.3 is 25.3 Å². The Morgan fingerprint density at radius 3 is 2.38 bits per heavy atom. The normalized spacial score (nSPS) is 10.1. The standard InChI is InChI=1S/C18H22N2O4/c1-22-16-8-3-13(11-17(16)23-2)12-18(21)20-14-4-6-15(7-5-14)24-10-9-19/h3-8,11H,9-10,12,19H2,1-2H3,(H,20,21). The molecule has 0 radical (unpaired) electrons. The summed E-state index contributed by atoms with van der Waals surface area (Å²) in [5, 5.41) is 2.85. The zero-order chi connectivity index (χ0) is 17.4. The van der Waals surface area contributed by atoms with E-state index in [1.807, 2.05) is 6.07 Å². The van der Waals surface area contributed by atoms with Crippen molar-refractivity contribution in [2.24, 2.45) is 5.73 Å². The highest BCUT2D eigenvalue weighted by Crippen LogP contribution is 2.27. The molecule has 0 aromatic heterocycles. The van der Waals surface area contributed by atoms with E-state index in [1.165, 1.54) is 0 Å². The van der Waals surface area contributed by atoms with Gasteiger partial charge in [0.25, 0.3) is 0 Å². The molecule has 0 aliphatic carbocycles. The maximum atomic E-state index is 12.2. The molecule has 0 bridgehead atoms. The van der Waals surface area contributed by atoms with Crippen LogP contribution in [0.5, 0.6) is 17.2 Å². The Bertz CT molecular complexity index is 671. The number of rotatable bonds is 8. The molecule has 0 atom stereocenters. The van der Waals surface area contributed by atoms with Crippen LogP contribution in [0.1, 0.15) is 5.56 Å². The predicted molar refractivity (Wildman–Crippen MR) is 92.9 cm³/mol. The predicted octanol–water partition coefficient (Wildman–Crippen LogP) is 2.22. The molecule has 0 saturated carbocycles. The number of carbonyl (C=O) groups is 1. The minimum Gasteiger partial charge on any atom is -0.493 e. The van der Waals surface area contributed by atoms with Gasteiger partial charge in [0, 0.05) is 12.2 Å². The number of carbonyl (C=O) groups excluding carboxylic acids is 1. The van der Waals surface area contributed by atoms with Gasteiger partial charge in [0.05, 0.1) is 20.6 Å². The largest absolute Gasteiger partial charge is 0.493 e. The van der Waals surface area contributed by atoms with E-state index in [2.05, 4.69) is 5.32 Å². The molecular formula is C18H22N2O4. The van der Waals surface area contributed by atoms with E-state index >= 15 is 0 Å². The zero-order valence-electron chi connectivity index (χ0n) is 13.9. The molecule has 0 spiro atoms. The summed E-state index contributed by atoms with van der Waals surface area (Å²) >= 11 is 0. The lowest BCUT2D eigenvalue weighted by Gasteiger charge is -2.10. The number of hydrogen-bond donors (Lipinski definition) is 2. The van der Waals surface area contributed by atoms with Crippen molar-refractivity contribution in [2.45, 2.75) is 6.42 Å². The maximum absolute atomic E-state index is 12.2. The number of amides is 1. The summed E-state index contributed by atoms with van der Waals surface area (Å²) in [5.74, 6) is 1.84. The third-order valence-corrected chi connectivity index (χ3v) is 3.34. The average Bonchev–Trinajstić information content (AvgIpc) is 2.61. The first kappa shape index (κ1) is 17.6. The van der Waals surface area contributed by atoms with E-state index in [4.69, 9.17) is 19.9 Å². The molecule has 0 saturated heterocycles. The fourth-order valence-corrected chi connectivity index (χ4v) is 2.19. The number of nitrogens with two attached hydrogens (primary N) is 1. The molecule has 24 heavy (non-hydrogen) atoms. The van der Waals surface area contributed by atoms with E-state index < -0.39 is 0 Å². The van der Waals surface area contributed by atoms with E-state index in [0.717, 1.165) is 11.3 Å². The lowest BCUT2D eigenvalue weighted by Crippen LogP contribution is -2.14. The van der Waals surface area contributed by atoms with Gasteiger partial charge >= 0.3 is 0 Å². The van der Waals surface area contributed by atoms with Crippen LogP contribution in [-0.2, 0) is 11.2 Å². The summed E-state index contributed by atoms with van der Waals surface area (Å²) in [4.78, 5) is 12.2. The first-order valence-electron chi connectivity index (χ1n) is 7.60. The molecule has 2 aromatic carbocycles. The Balaban J connectivity index is 1.95. The summed E-state index contributed by atoms with van der Waals surface area (Å²) in [6.07, 6.45) is 0.242. The van der Waals surface area contributed by atoms with Crippen LogP contribution >= 0.6 is 0 Å². The topological polar surface area (TPSA) is 82.8 Å². The first-order chi connectivity index (χ1) is 11.7. The fraction of sp³-hybridized carbons (Fsp3) is 0.278. The Hall–Kier alpha value is -2.73. The molecule has 3 N–H and O–H groups in total. The first-order valence-corrected chi connectivity index (χ1v) is 7.60. The minimum atomic E-state index is -0.113. The van der Waals surface area contributed by atoms with Gasteiger partial charge in [0.1, 0.15) is 12.4 Å². The molecule has 6 nitrogen and oxygen atoms in total. The van der Waals surface area contributed by atoms with Gasteiger partial charge in [-0.25, -0.2) is 0 Å². The third kappa shape index (κ3) is 4.89. The quantitative estimate of drug-likeness (QED) is 0.775. The van der Waals surface area contributed by atoms with Gasteiger partial charge in [-0.15, -0.1) is 0 Å². The zero-order valence-corrected chi connectivity index (χ0v) is 13.9. The molecule has 0 heterocycles. The maximum Gasteiger partial charge on any atom is 0.228 e. The van der Waals surface area contributed by atoms with Crippen molar-refractivity contribution in [1.82, 2.24) is 0 Å². The number of benzene rings is 2. The van der Waals surface area contributed by atoms with E-state index in [-0.39, 0.29) is 12.3 Å². The van der Waals surface area contributed by atoms with Gasteiger partial charge in [-0.3, -0.25) is 4.79 Å². The van der Waals surface area contributed by atoms with E-state index in [9.17, 15) is 4.79 Å². The van der Waals surface area contributed by atoms with Crippen molar-refractivity contribution in [3.05, 3.63) is 48.0 Å². The smallest absolute Gasteiger partial charge is 0.228 e. The van der Waals surface area contributed by atoms with Crippen molar-refractivity contribution < 1.29 is 19.0 Å². The number of anilines is 1. The van der Waals surface area contributed by atoms with E-state index in [0.29, 0.717) is 30.3 Å². The minimum absolute atomic E-state index is 0.113. The van der Waals surface area contributed by atoms with Gasteiger partial charge in [-0.2, -0.15) is 0 Å². The summed E-state index contributed by atoms with van der Waals surface area (Å²) in [6, 6.07) is 12.6. The molecular weight excluding hydrogens is 308 g/mol.